The zero-order chi connectivity index (χ0) is 28.5. The number of nitrogens with zero attached hydrogens (tertiary/aromatic N) is 3. The van der Waals surface area contributed by atoms with E-state index in [0.717, 1.165) is 24.2 Å². The van der Waals surface area contributed by atoms with Crippen LogP contribution in [0.3, 0.4) is 0 Å². The molecule has 1 unspecified atom stereocenters. The summed E-state index contributed by atoms with van der Waals surface area (Å²) in [5.41, 5.74) is 2.39. The van der Waals surface area contributed by atoms with Gasteiger partial charge in [0.15, 0.2) is 0 Å². The molecule has 1 fully saturated rings. The van der Waals surface area contributed by atoms with E-state index in [9.17, 15) is 22.8 Å². The quantitative estimate of drug-likeness (QED) is 0.344. The third-order valence-electron chi connectivity index (χ3n) is 6.98. The van der Waals surface area contributed by atoms with Gasteiger partial charge in [-0.25, -0.2) is 4.98 Å². The van der Waals surface area contributed by atoms with Gasteiger partial charge in [0.25, 0.3) is 5.91 Å². The molecule has 8 nitrogen and oxygen atoms in total. The predicted molar refractivity (Wildman–Crippen MR) is 141 cm³/mol. The van der Waals surface area contributed by atoms with Gasteiger partial charge in [-0.1, -0.05) is 20.8 Å². The van der Waals surface area contributed by atoms with Crippen LogP contribution in [0.4, 0.5) is 24.8 Å². The van der Waals surface area contributed by atoms with Crippen molar-refractivity contribution in [2.75, 3.05) is 18.9 Å². The molecule has 11 heteroatoms. The summed E-state index contributed by atoms with van der Waals surface area (Å²) in [5, 5.41) is 12.3. The zero-order valence-corrected chi connectivity index (χ0v) is 22.4. The zero-order valence-electron chi connectivity index (χ0n) is 22.4. The van der Waals surface area contributed by atoms with Gasteiger partial charge >= 0.3 is 12.3 Å². The Kier molecular flexibility index (Phi) is 7.81. The summed E-state index contributed by atoms with van der Waals surface area (Å²) >= 11 is 0. The number of carbonyl (C=O) groups is 2. The Hall–Kier alpha value is -3.76. The number of aromatic nitrogens is 2. The van der Waals surface area contributed by atoms with Crippen LogP contribution >= 0.6 is 0 Å². The first-order valence-corrected chi connectivity index (χ1v) is 12.8. The number of imidazole rings is 1. The highest BCUT2D eigenvalue weighted by molar-refractivity contribution is 5.98. The maximum Gasteiger partial charge on any atom is 0.573 e. The standard InChI is InChI=1S/C28H33F3N4O4/c1-17-11-18(14-27(2,3)13-17)15-35-23-12-19(25(38)34(4)16-24(36)37)5-10-22(23)33-26(35)32-20-6-8-21(9-7-20)39-28(29,30)31/h5-10,12,17-18H,11,13-16H2,1-4H3,(H,32,33)(H,36,37)/t17-,18?/m0/s1. The van der Waals surface area contributed by atoms with Crippen LogP contribution in [0, 0.1) is 17.3 Å². The topological polar surface area (TPSA) is 96.7 Å². The molecule has 0 saturated heterocycles. The Labute approximate surface area is 224 Å². The van der Waals surface area contributed by atoms with E-state index in [2.05, 4.69) is 30.8 Å². The number of halogens is 3. The van der Waals surface area contributed by atoms with Crippen molar-refractivity contribution in [3.05, 3.63) is 48.0 Å². The van der Waals surface area contributed by atoms with Crippen LogP contribution in [0.25, 0.3) is 11.0 Å². The number of carboxylic acid groups (broad SMARTS) is 1. The van der Waals surface area contributed by atoms with Crippen LogP contribution in [-0.4, -0.2) is 51.4 Å². The number of carbonyl (C=O) groups excluding carboxylic acids is 1. The summed E-state index contributed by atoms with van der Waals surface area (Å²) in [6.45, 7) is 6.98. The summed E-state index contributed by atoms with van der Waals surface area (Å²) in [7, 11) is 1.43. The lowest BCUT2D eigenvalue weighted by Gasteiger charge is -2.39. The highest BCUT2D eigenvalue weighted by Crippen LogP contribution is 2.43. The van der Waals surface area contributed by atoms with Crippen molar-refractivity contribution in [3.8, 4) is 5.75 Å². The lowest BCUT2D eigenvalue weighted by atomic mass is 9.68. The second-order valence-corrected chi connectivity index (χ2v) is 11.3. The number of benzene rings is 2. The van der Waals surface area contributed by atoms with E-state index in [1.807, 2.05) is 4.57 Å². The molecule has 1 saturated carbocycles. The van der Waals surface area contributed by atoms with Crippen molar-refractivity contribution in [3.63, 3.8) is 0 Å². The smallest absolute Gasteiger partial charge is 0.480 e. The average molecular weight is 547 g/mol. The fraction of sp³-hybridized carbons (Fsp3) is 0.464. The molecular formula is C28H33F3N4O4. The molecule has 39 heavy (non-hydrogen) atoms. The highest BCUT2D eigenvalue weighted by Gasteiger charge is 2.33. The predicted octanol–water partition coefficient (Wildman–Crippen LogP) is 6.30. The van der Waals surface area contributed by atoms with Gasteiger partial charge in [-0.3, -0.25) is 9.59 Å². The minimum absolute atomic E-state index is 0.182. The SMILES string of the molecule is C[C@H]1CC(Cn2c(Nc3ccc(OC(F)(F)F)cc3)nc3ccc(C(=O)N(C)CC(=O)O)cc32)CC(C)(C)C1. The molecule has 2 atom stereocenters. The van der Waals surface area contributed by atoms with Crippen LogP contribution in [-0.2, 0) is 11.3 Å². The largest absolute Gasteiger partial charge is 0.573 e. The van der Waals surface area contributed by atoms with E-state index in [1.54, 1.807) is 18.2 Å². The third kappa shape index (κ3) is 7.21. The van der Waals surface area contributed by atoms with Crippen molar-refractivity contribution in [2.45, 2.75) is 52.9 Å². The fourth-order valence-electron chi connectivity index (χ4n) is 5.84. The number of aliphatic carboxylic acids is 1. The first kappa shape index (κ1) is 28.3. The molecule has 4 rings (SSSR count). The number of hydrogen-bond acceptors (Lipinski definition) is 5. The van der Waals surface area contributed by atoms with Gasteiger partial charge in [-0.15, -0.1) is 13.2 Å². The minimum Gasteiger partial charge on any atom is -0.480 e. The average Bonchev–Trinajstić information content (AvgIpc) is 3.13. The molecule has 1 amide bonds. The van der Waals surface area contributed by atoms with E-state index >= 15 is 0 Å². The molecule has 210 valence electrons. The van der Waals surface area contributed by atoms with Crippen molar-refractivity contribution in [1.29, 1.82) is 0 Å². The summed E-state index contributed by atoms with van der Waals surface area (Å²) in [6, 6.07) is 10.4. The number of alkyl halides is 3. The third-order valence-corrected chi connectivity index (χ3v) is 6.98. The molecule has 0 aliphatic heterocycles. The number of likely N-dealkylation sites (N-methyl/N-ethyl adjacent to an activating group) is 1. The van der Waals surface area contributed by atoms with Gasteiger partial charge in [0.2, 0.25) is 5.95 Å². The summed E-state index contributed by atoms with van der Waals surface area (Å²) in [4.78, 5) is 29.9. The monoisotopic (exact) mass is 546 g/mol. The first-order chi connectivity index (χ1) is 18.2. The van der Waals surface area contributed by atoms with E-state index in [1.165, 1.54) is 31.3 Å². The number of fused-ring (bicyclic) bond motifs is 1. The lowest BCUT2D eigenvalue weighted by Crippen LogP contribution is -2.32. The van der Waals surface area contributed by atoms with Gasteiger partial charge in [0, 0.05) is 24.8 Å². The van der Waals surface area contributed by atoms with Crippen molar-refractivity contribution in [2.24, 2.45) is 17.3 Å². The minimum atomic E-state index is -4.78. The van der Waals surface area contributed by atoms with Crippen LogP contribution in [0.1, 0.15) is 50.4 Å². The number of anilines is 2. The van der Waals surface area contributed by atoms with E-state index in [-0.39, 0.29) is 11.2 Å². The Bertz CT molecular complexity index is 1350. The van der Waals surface area contributed by atoms with Crippen LogP contribution < -0.4 is 10.1 Å². The van der Waals surface area contributed by atoms with Crippen molar-refractivity contribution >= 4 is 34.5 Å². The number of carboxylic acids is 1. The van der Waals surface area contributed by atoms with Crippen molar-refractivity contribution < 1.29 is 32.6 Å². The van der Waals surface area contributed by atoms with Crippen LogP contribution in [0.15, 0.2) is 42.5 Å². The number of amides is 1. The summed E-state index contributed by atoms with van der Waals surface area (Å²) < 4.78 is 43.6. The normalized spacial score (nSPS) is 19.1. The maximum absolute atomic E-state index is 12.9. The van der Waals surface area contributed by atoms with Crippen LogP contribution in [0.2, 0.25) is 0 Å². The lowest BCUT2D eigenvalue weighted by molar-refractivity contribution is -0.274. The molecule has 3 aromatic rings. The Morgan fingerprint density at radius 3 is 2.49 bits per heavy atom. The molecule has 1 heterocycles. The first-order valence-electron chi connectivity index (χ1n) is 12.8. The molecule has 1 aliphatic carbocycles. The summed E-state index contributed by atoms with van der Waals surface area (Å²) in [6.07, 6.45) is -1.59. The number of rotatable bonds is 8. The highest BCUT2D eigenvalue weighted by atomic mass is 19.4. The Morgan fingerprint density at radius 2 is 1.87 bits per heavy atom. The molecule has 2 aromatic carbocycles. The van der Waals surface area contributed by atoms with Crippen LogP contribution in [0.5, 0.6) is 5.75 Å². The van der Waals surface area contributed by atoms with E-state index in [4.69, 9.17) is 10.1 Å². The molecule has 1 aliphatic rings. The Balaban J connectivity index is 1.69. The van der Waals surface area contributed by atoms with Gasteiger partial charge in [-0.05, 0) is 79.0 Å². The molecule has 0 spiro atoms. The number of hydrogen-bond donors (Lipinski definition) is 2. The number of ether oxygens (including phenoxy) is 1. The molecule has 0 bridgehead atoms. The second kappa shape index (κ2) is 10.8. The molecule has 2 N–H and O–H groups in total. The van der Waals surface area contributed by atoms with Gasteiger partial charge in [0.05, 0.1) is 11.0 Å². The van der Waals surface area contributed by atoms with Gasteiger partial charge in [0.1, 0.15) is 12.3 Å². The molecule has 1 aromatic heterocycles. The van der Waals surface area contributed by atoms with Gasteiger partial charge in [-0.2, -0.15) is 0 Å². The maximum atomic E-state index is 12.9. The second-order valence-electron chi connectivity index (χ2n) is 11.3. The number of nitrogens with one attached hydrogen (secondary N) is 1. The Morgan fingerprint density at radius 1 is 1.18 bits per heavy atom. The van der Waals surface area contributed by atoms with Gasteiger partial charge < -0.3 is 24.6 Å². The molecule has 0 radical (unpaired) electrons. The summed E-state index contributed by atoms with van der Waals surface area (Å²) in [5.74, 6) is -0.466. The van der Waals surface area contributed by atoms with E-state index < -0.39 is 24.8 Å². The van der Waals surface area contributed by atoms with E-state index in [0.29, 0.717) is 46.6 Å². The molecular weight excluding hydrogens is 513 g/mol. The fourth-order valence-corrected chi connectivity index (χ4v) is 5.84. The van der Waals surface area contributed by atoms with Crippen molar-refractivity contribution in [1.82, 2.24) is 14.5 Å².